The number of thioether (sulfide) groups is 2. The van der Waals surface area contributed by atoms with Crippen molar-refractivity contribution < 1.29 is 28.7 Å². The molecule has 3 unspecified atom stereocenters. The van der Waals surface area contributed by atoms with Crippen molar-refractivity contribution in [2.45, 2.75) is 176 Å². The molecule has 0 aromatic carbocycles. The normalized spacial score (nSPS) is 24.1. The molecule has 6 N–H and O–H groups in total. The second-order valence-electron chi connectivity index (χ2n) is 24.2. The van der Waals surface area contributed by atoms with E-state index in [0.717, 1.165) is 104 Å². The average molecular weight is 1170 g/mol. The molecule has 452 valence electrons. The summed E-state index contributed by atoms with van der Waals surface area (Å²) in [4.78, 5) is 54.5. The molecule has 0 aliphatic heterocycles. The minimum absolute atomic E-state index is 0.00421. The molecule has 13 nitrogen and oxygen atoms in total. The van der Waals surface area contributed by atoms with Gasteiger partial charge in [0.05, 0.1) is 19.3 Å². The molecule has 0 bridgehead atoms. The molecular weight excluding hydrogens is 1050 g/mol. The van der Waals surface area contributed by atoms with E-state index in [9.17, 15) is 19.2 Å². The van der Waals surface area contributed by atoms with E-state index in [0.29, 0.717) is 115 Å². The summed E-state index contributed by atoms with van der Waals surface area (Å²) in [5.74, 6) is 8.89. The maximum absolute atomic E-state index is 13.2. The van der Waals surface area contributed by atoms with Crippen LogP contribution in [-0.4, -0.2) is 167 Å². The molecular formula is C61H113N7O6S4. The Bertz CT molecular complexity index is 1720. The van der Waals surface area contributed by atoms with Gasteiger partial charge in [-0.05, 0) is 123 Å². The molecule has 0 heterocycles. The number of fused-ring (bicyclic) bond motifs is 5. The fourth-order valence-electron chi connectivity index (χ4n) is 13.8. The first kappa shape index (κ1) is 69.3. The first-order chi connectivity index (χ1) is 37.7. The van der Waals surface area contributed by atoms with Gasteiger partial charge in [-0.3, -0.25) is 19.2 Å². The van der Waals surface area contributed by atoms with Gasteiger partial charge in [0.1, 0.15) is 0 Å². The van der Waals surface area contributed by atoms with Crippen LogP contribution in [0.25, 0.3) is 0 Å². The van der Waals surface area contributed by atoms with Crippen molar-refractivity contribution in [3.05, 3.63) is 11.6 Å². The van der Waals surface area contributed by atoms with Gasteiger partial charge in [-0.25, -0.2) is 0 Å². The SMILES string of the molecule is CSCCNC(=O)CCN(CCOCCN)CCC(=O)NCCSSCCNC(=O)CCNCCC(=O)N(CCCCCCCCO[C@H]1CC[C@@]2(C)C(=CCC3C2CC[C@]2(C)[C@@H](C(C)CCCC(C)C)CC[C@@H]32)C1)CCSC. The van der Waals surface area contributed by atoms with E-state index in [1.807, 2.05) is 11.2 Å². The van der Waals surface area contributed by atoms with Crippen LogP contribution in [0.5, 0.6) is 0 Å². The number of nitrogens with two attached hydrogens (primary N) is 1. The number of nitrogens with zero attached hydrogens (tertiary/aromatic N) is 2. The van der Waals surface area contributed by atoms with Crippen molar-refractivity contribution in [3.63, 3.8) is 0 Å². The number of ether oxygens (including phenoxy) is 2. The third-order valence-electron chi connectivity index (χ3n) is 18.2. The maximum Gasteiger partial charge on any atom is 0.223 e. The number of rotatable bonds is 45. The topological polar surface area (TPSA) is 167 Å². The van der Waals surface area contributed by atoms with Gasteiger partial charge in [0.2, 0.25) is 23.6 Å². The number of amides is 4. The third-order valence-corrected chi connectivity index (χ3v) is 21.9. The summed E-state index contributed by atoms with van der Waals surface area (Å²) in [5.41, 5.74) is 8.21. The molecule has 4 rings (SSSR count). The van der Waals surface area contributed by atoms with Gasteiger partial charge < -0.3 is 46.3 Å². The standard InChI is InChI=1S/C61H113N7O6S4/c1-48(2)15-14-16-49(3)53-19-20-54-52-18-17-50-47-51(21-27-60(50,4)55(52)22-28-61(53,54)5)74-40-13-11-9-8-10-12-35-68(39-46-76-7)59(72)24-31-63-30-23-56(69)65-33-44-77-78-45-34-66-58(71)26-37-67(38-42-73-41-29-62)36-25-57(70)64-32-43-75-6/h17,48-49,51-55,63H,8-16,18-47,62H2,1-7H3,(H,64,70)(H,65,69)(H,66,71)/t49?,51-,52?,53+,54-,55?,60-,61+/m0/s1. The number of carbonyl (C=O) groups is 4. The van der Waals surface area contributed by atoms with Gasteiger partial charge in [-0.15, -0.1) is 0 Å². The first-order valence-electron chi connectivity index (χ1n) is 31.1. The maximum atomic E-state index is 13.2. The first-order valence-corrected chi connectivity index (χ1v) is 36.3. The van der Waals surface area contributed by atoms with Crippen LogP contribution >= 0.6 is 45.1 Å². The Morgan fingerprint density at radius 3 is 2.00 bits per heavy atom. The quantitative estimate of drug-likeness (QED) is 0.0222. The zero-order valence-corrected chi connectivity index (χ0v) is 53.5. The molecule has 0 radical (unpaired) electrons. The Morgan fingerprint density at radius 1 is 0.667 bits per heavy atom. The fraction of sp³-hybridized carbons (Fsp3) is 0.902. The van der Waals surface area contributed by atoms with Gasteiger partial charge in [-0.1, -0.05) is 113 Å². The highest BCUT2D eigenvalue weighted by Gasteiger charge is 2.59. The summed E-state index contributed by atoms with van der Waals surface area (Å²) in [6.07, 6.45) is 30.8. The molecule has 4 aliphatic rings. The number of nitrogens with one attached hydrogen (secondary N) is 4. The molecule has 3 fully saturated rings. The van der Waals surface area contributed by atoms with Crippen LogP contribution in [0.15, 0.2) is 11.6 Å². The fourth-order valence-corrected chi connectivity index (χ4v) is 16.3. The Morgan fingerprint density at radius 2 is 1.32 bits per heavy atom. The Balaban J connectivity index is 0.970. The summed E-state index contributed by atoms with van der Waals surface area (Å²) in [6.45, 7) is 21.4. The molecule has 0 spiro atoms. The lowest BCUT2D eigenvalue weighted by atomic mass is 9.47. The highest BCUT2D eigenvalue weighted by atomic mass is 33.1. The summed E-state index contributed by atoms with van der Waals surface area (Å²) in [7, 11) is 3.35. The van der Waals surface area contributed by atoms with Crippen LogP contribution in [0.4, 0.5) is 0 Å². The Hall–Kier alpha value is -1.18. The van der Waals surface area contributed by atoms with Crippen LogP contribution in [0.2, 0.25) is 0 Å². The lowest BCUT2D eigenvalue weighted by molar-refractivity contribution is -0.131. The molecule has 4 aliphatic carbocycles. The lowest BCUT2D eigenvalue weighted by Crippen LogP contribution is -2.51. The molecule has 3 saturated carbocycles. The number of unbranched alkanes of at least 4 members (excludes halogenated alkanes) is 5. The van der Waals surface area contributed by atoms with Crippen LogP contribution in [-0.2, 0) is 28.7 Å². The van der Waals surface area contributed by atoms with Crippen molar-refractivity contribution >= 4 is 68.7 Å². The lowest BCUT2D eigenvalue weighted by Gasteiger charge is -2.58. The summed E-state index contributed by atoms with van der Waals surface area (Å²) < 4.78 is 12.1. The van der Waals surface area contributed by atoms with Crippen molar-refractivity contribution in [1.29, 1.82) is 0 Å². The van der Waals surface area contributed by atoms with E-state index in [2.05, 4.69) is 73.1 Å². The van der Waals surface area contributed by atoms with Crippen molar-refractivity contribution in [1.82, 2.24) is 31.1 Å². The molecule has 78 heavy (non-hydrogen) atoms. The number of carbonyl (C=O) groups excluding carboxylic acids is 4. The van der Waals surface area contributed by atoms with E-state index >= 15 is 0 Å². The van der Waals surface area contributed by atoms with E-state index < -0.39 is 0 Å². The average Bonchev–Trinajstić information content (AvgIpc) is 3.88. The molecule has 0 aromatic heterocycles. The van der Waals surface area contributed by atoms with Crippen LogP contribution in [0.1, 0.15) is 169 Å². The largest absolute Gasteiger partial charge is 0.379 e. The Kier molecular flexibility index (Phi) is 35.7. The second kappa shape index (κ2) is 40.1. The molecule has 17 heteroatoms. The number of hydrogen-bond donors (Lipinski definition) is 5. The van der Waals surface area contributed by atoms with E-state index in [1.54, 1.807) is 50.7 Å². The van der Waals surface area contributed by atoms with Crippen molar-refractivity contribution in [2.24, 2.45) is 52.1 Å². The zero-order chi connectivity index (χ0) is 56.4. The van der Waals surface area contributed by atoms with Gasteiger partial charge in [0.25, 0.3) is 0 Å². The number of hydrogen-bond acceptors (Lipinski definition) is 13. The Labute approximate surface area is 492 Å². The van der Waals surface area contributed by atoms with Gasteiger partial charge in [-0.2, -0.15) is 23.5 Å². The van der Waals surface area contributed by atoms with Crippen molar-refractivity contribution in [2.75, 3.05) is 127 Å². The molecule has 0 saturated heterocycles. The van der Waals surface area contributed by atoms with Gasteiger partial charge in [0.15, 0.2) is 0 Å². The van der Waals surface area contributed by atoms with Crippen LogP contribution in [0.3, 0.4) is 0 Å². The summed E-state index contributed by atoms with van der Waals surface area (Å²) in [5, 5.41) is 12.2. The van der Waals surface area contributed by atoms with Crippen LogP contribution < -0.4 is 27.0 Å². The van der Waals surface area contributed by atoms with E-state index in [1.165, 1.54) is 83.5 Å². The van der Waals surface area contributed by atoms with Gasteiger partial charge in [0, 0.05) is 127 Å². The van der Waals surface area contributed by atoms with E-state index in [4.69, 9.17) is 15.2 Å². The highest BCUT2D eigenvalue weighted by molar-refractivity contribution is 8.76. The third kappa shape index (κ3) is 25.4. The minimum atomic E-state index is -0.0134. The smallest absolute Gasteiger partial charge is 0.223 e. The molecule has 4 amide bonds. The second-order valence-corrected chi connectivity index (χ2v) is 28.9. The summed E-state index contributed by atoms with van der Waals surface area (Å²) >= 11 is 3.48. The van der Waals surface area contributed by atoms with E-state index in [-0.39, 0.29) is 23.6 Å². The monoisotopic (exact) mass is 1170 g/mol. The predicted octanol–water partition coefficient (Wildman–Crippen LogP) is 10.5. The van der Waals surface area contributed by atoms with Crippen molar-refractivity contribution in [3.8, 4) is 0 Å². The number of allylic oxidation sites excluding steroid dienone is 1. The van der Waals surface area contributed by atoms with Crippen LogP contribution in [0, 0.1) is 46.3 Å². The predicted molar refractivity (Wildman–Crippen MR) is 335 cm³/mol. The molecule has 8 atom stereocenters. The van der Waals surface area contributed by atoms with Gasteiger partial charge >= 0.3 is 0 Å². The zero-order valence-electron chi connectivity index (χ0n) is 50.3. The summed E-state index contributed by atoms with van der Waals surface area (Å²) in [6, 6.07) is 0. The minimum Gasteiger partial charge on any atom is -0.379 e. The molecule has 0 aromatic rings. The highest BCUT2D eigenvalue weighted by Crippen LogP contribution is 2.67.